The lowest BCUT2D eigenvalue weighted by Crippen LogP contribution is -2.34. The number of carbonyl (C=O) groups is 1. The maximum Gasteiger partial charge on any atom is 0.322 e. The summed E-state index contributed by atoms with van der Waals surface area (Å²) in [6.07, 6.45) is 1.55. The van der Waals surface area contributed by atoms with Crippen molar-refractivity contribution in [2.45, 2.75) is 18.9 Å². The number of nitrogens with one attached hydrogen (secondary N) is 1. The van der Waals surface area contributed by atoms with Gasteiger partial charge in [-0.15, -0.1) is 0 Å². The normalized spacial score (nSPS) is 16.2. The molecular weight excluding hydrogens is 363 g/mol. The molecule has 1 aliphatic heterocycles. The monoisotopic (exact) mass is 382 g/mol. The predicted molar refractivity (Wildman–Crippen MR) is 100 cm³/mol. The fourth-order valence-electron chi connectivity index (χ4n) is 3.30. The first-order chi connectivity index (χ1) is 13.7. The average Bonchev–Trinajstić information content (AvgIpc) is 3.39. The van der Waals surface area contributed by atoms with E-state index < -0.39 is 0 Å². The Labute approximate surface area is 161 Å². The van der Waals surface area contributed by atoms with Crippen molar-refractivity contribution < 1.29 is 18.4 Å². The highest BCUT2D eigenvalue weighted by molar-refractivity contribution is 5.89. The number of carbonyl (C=O) groups excluding carboxylic acids is 1. The molecule has 2 heterocycles. The van der Waals surface area contributed by atoms with Crippen LogP contribution in [0, 0.1) is 5.82 Å². The first-order valence-corrected chi connectivity index (χ1v) is 8.96. The standard InChI is InChI=1S/C20H19FN4O3/c1-27-17-7-3-2-5-15(17)18-23-19(28-24-18)16-6-4-12-25(16)20(26)22-14-10-8-13(21)9-11-14/h2-3,5,7-11,16H,4,6,12H2,1H3,(H,22,26)/t16-/m0/s1. The highest BCUT2D eigenvalue weighted by Crippen LogP contribution is 2.34. The van der Waals surface area contributed by atoms with Gasteiger partial charge < -0.3 is 19.5 Å². The van der Waals surface area contributed by atoms with E-state index in [9.17, 15) is 9.18 Å². The fourth-order valence-corrected chi connectivity index (χ4v) is 3.30. The van der Waals surface area contributed by atoms with Crippen LogP contribution in [0.4, 0.5) is 14.9 Å². The topological polar surface area (TPSA) is 80.5 Å². The minimum atomic E-state index is -0.355. The number of methoxy groups -OCH3 is 1. The molecular formula is C20H19FN4O3. The molecule has 1 aromatic heterocycles. The van der Waals surface area contributed by atoms with Gasteiger partial charge in [0.05, 0.1) is 12.7 Å². The van der Waals surface area contributed by atoms with E-state index in [2.05, 4.69) is 15.5 Å². The molecule has 1 N–H and O–H groups in total. The van der Waals surface area contributed by atoms with E-state index in [-0.39, 0.29) is 17.9 Å². The number of likely N-dealkylation sites (tertiary alicyclic amines) is 1. The molecule has 2 aromatic carbocycles. The van der Waals surface area contributed by atoms with Gasteiger partial charge in [0.15, 0.2) is 0 Å². The second kappa shape index (κ2) is 7.67. The molecule has 3 aromatic rings. The quantitative estimate of drug-likeness (QED) is 0.729. The average molecular weight is 382 g/mol. The van der Waals surface area contributed by atoms with Crippen molar-refractivity contribution in [2.75, 3.05) is 19.0 Å². The molecule has 0 aliphatic carbocycles. The van der Waals surface area contributed by atoms with E-state index in [0.717, 1.165) is 18.4 Å². The van der Waals surface area contributed by atoms with Gasteiger partial charge in [0.2, 0.25) is 11.7 Å². The minimum absolute atomic E-state index is 0.286. The summed E-state index contributed by atoms with van der Waals surface area (Å²) in [6.45, 7) is 0.573. The number of aromatic nitrogens is 2. The van der Waals surface area contributed by atoms with E-state index >= 15 is 0 Å². The Bertz CT molecular complexity index is 974. The summed E-state index contributed by atoms with van der Waals surface area (Å²) in [7, 11) is 1.58. The van der Waals surface area contributed by atoms with Gasteiger partial charge >= 0.3 is 6.03 Å². The molecule has 0 spiro atoms. The molecule has 1 aliphatic rings. The third-order valence-electron chi connectivity index (χ3n) is 4.68. The molecule has 0 unspecified atom stereocenters. The van der Waals surface area contributed by atoms with Crippen molar-refractivity contribution in [1.29, 1.82) is 0 Å². The van der Waals surface area contributed by atoms with E-state index in [0.29, 0.717) is 29.7 Å². The predicted octanol–water partition coefficient (Wildman–Crippen LogP) is 4.25. The Hall–Kier alpha value is -3.42. The number of halogens is 1. The van der Waals surface area contributed by atoms with Gasteiger partial charge in [-0.3, -0.25) is 0 Å². The first-order valence-electron chi connectivity index (χ1n) is 8.96. The smallest absolute Gasteiger partial charge is 0.322 e. The van der Waals surface area contributed by atoms with Gasteiger partial charge in [0.1, 0.15) is 17.6 Å². The van der Waals surface area contributed by atoms with Gasteiger partial charge in [0, 0.05) is 12.2 Å². The Balaban J connectivity index is 1.53. The Morgan fingerprint density at radius 2 is 2.04 bits per heavy atom. The van der Waals surface area contributed by atoms with Gasteiger partial charge in [-0.1, -0.05) is 17.3 Å². The third kappa shape index (κ3) is 3.53. The number of benzene rings is 2. The number of hydrogen-bond acceptors (Lipinski definition) is 5. The van der Waals surface area contributed by atoms with Crippen LogP contribution in [0.25, 0.3) is 11.4 Å². The number of anilines is 1. The van der Waals surface area contributed by atoms with Crippen molar-refractivity contribution in [3.05, 3.63) is 60.2 Å². The molecule has 28 heavy (non-hydrogen) atoms. The second-order valence-electron chi connectivity index (χ2n) is 6.44. The summed E-state index contributed by atoms with van der Waals surface area (Å²) < 4.78 is 23.9. The zero-order valence-corrected chi connectivity index (χ0v) is 15.3. The van der Waals surface area contributed by atoms with Crippen molar-refractivity contribution >= 4 is 11.7 Å². The van der Waals surface area contributed by atoms with Crippen molar-refractivity contribution in [2.24, 2.45) is 0 Å². The fraction of sp³-hybridized carbons (Fsp3) is 0.250. The van der Waals surface area contributed by atoms with Crippen LogP contribution in [0.5, 0.6) is 5.75 Å². The largest absolute Gasteiger partial charge is 0.496 e. The van der Waals surface area contributed by atoms with Gasteiger partial charge in [0.25, 0.3) is 0 Å². The van der Waals surface area contributed by atoms with Crippen LogP contribution < -0.4 is 10.1 Å². The number of hydrogen-bond donors (Lipinski definition) is 1. The SMILES string of the molecule is COc1ccccc1-c1noc([C@@H]2CCCN2C(=O)Nc2ccc(F)cc2)n1. The number of ether oxygens (including phenoxy) is 1. The summed E-state index contributed by atoms with van der Waals surface area (Å²) in [6, 6.07) is 12.4. The van der Waals surface area contributed by atoms with Gasteiger partial charge in [-0.05, 0) is 49.2 Å². The number of rotatable bonds is 4. The number of para-hydroxylation sites is 1. The summed E-state index contributed by atoms with van der Waals surface area (Å²) in [5, 5.41) is 6.84. The summed E-state index contributed by atoms with van der Waals surface area (Å²) >= 11 is 0. The van der Waals surface area contributed by atoms with Gasteiger partial charge in [-0.2, -0.15) is 4.98 Å². The van der Waals surface area contributed by atoms with Crippen molar-refractivity contribution in [3.63, 3.8) is 0 Å². The van der Waals surface area contributed by atoms with Crippen molar-refractivity contribution in [3.8, 4) is 17.1 Å². The summed E-state index contributed by atoms with van der Waals surface area (Å²) in [5.74, 6) is 1.09. The summed E-state index contributed by atoms with van der Waals surface area (Å²) in [5.41, 5.74) is 1.25. The van der Waals surface area contributed by atoms with Crippen LogP contribution in [0.15, 0.2) is 53.1 Å². The zero-order valence-electron chi connectivity index (χ0n) is 15.3. The Morgan fingerprint density at radius 1 is 1.25 bits per heavy atom. The molecule has 144 valence electrons. The lowest BCUT2D eigenvalue weighted by molar-refractivity contribution is 0.193. The second-order valence-corrected chi connectivity index (χ2v) is 6.44. The van der Waals surface area contributed by atoms with Crippen molar-refractivity contribution in [1.82, 2.24) is 15.0 Å². The molecule has 0 radical (unpaired) electrons. The third-order valence-corrected chi connectivity index (χ3v) is 4.68. The molecule has 8 heteroatoms. The van der Waals surface area contributed by atoms with Crippen LogP contribution in [0.3, 0.4) is 0 Å². The molecule has 0 saturated carbocycles. The Kier molecular flexibility index (Phi) is 4.92. The molecule has 1 saturated heterocycles. The number of nitrogens with zero attached hydrogens (tertiary/aromatic N) is 3. The van der Waals surface area contributed by atoms with Gasteiger partial charge in [-0.25, -0.2) is 9.18 Å². The molecule has 4 rings (SSSR count). The first kappa shape index (κ1) is 18.0. The van der Waals surface area contributed by atoms with E-state index in [4.69, 9.17) is 9.26 Å². The minimum Gasteiger partial charge on any atom is -0.496 e. The van der Waals surface area contributed by atoms with Crippen LogP contribution in [-0.2, 0) is 0 Å². The number of urea groups is 1. The maximum atomic E-state index is 13.0. The molecule has 0 bridgehead atoms. The van der Waals surface area contributed by atoms with Crippen LogP contribution in [0.2, 0.25) is 0 Å². The maximum absolute atomic E-state index is 13.0. The van der Waals surface area contributed by atoms with E-state index in [1.54, 1.807) is 12.0 Å². The van der Waals surface area contributed by atoms with Crippen LogP contribution in [-0.4, -0.2) is 34.7 Å². The highest BCUT2D eigenvalue weighted by atomic mass is 19.1. The summed E-state index contributed by atoms with van der Waals surface area (Å²) in [4.78, 5) is 18.8. The molecule has 2 amide bonds. The lowest BCUT2D eigenvalue weighted by Gasteiger charge is -2.22. The zero-order chi connectivity index (χ0) is 19.5. The Morgan fingerprint density at radius 3 is 2.82 bits per heavy atom. The highest BCUT2D eigenvalue weighted by Gasteiger charge is 2.34. The van der Waals surface area contributed by atoms with E-state index in [1.807, 2.05) is 24.3 Å². The van der Waals surface area contributed by atoms with Crippen LogP contribution in [0.1, 0.15) is 24.8 Å². The van der Waals surface area contributed by atoms with Crippen LogP contribution >= 0.6 is 0 Å². The molecule has 1 atom stereocenters. The molecule has 7 nitrogen and oxygen atoms in total. The lowest BCUT2D eigenvalue weighted by atomic mass is 10.2. The molecule has 1 fully saturated rings. The number of amides is 2. The van der Waals surface area contributed by atoms with E-state index in [1.165, 1.54) is 24.3 Å².